The van der Waals surface area contributed by atoms with Gasteiger partial charge in [-0.3, -0.25) is 0 Å². The highest BCUT2D eigenvalue weighted by Gasteiger charge is 2.31. The second kappa shape index (κ2) is 5.61. The van der Waals surface area contributed by atoms with Crippen molar-refractivity contribution in [2.75, 3.05) is 5.73 Å². The van der Waals surface area contributed by atoms with Gasteiger partial charge in [0.25, 0.3) is 0 Å². The Kier molecular flexibility index (Phi) is 4.24. The Balaban J connectivity index is 2.30. The van der Waals surface area contributed by atoms with Crippen LogP contribution in [-0.4, -0.2) is 4.98 Å². The molecule has 0 radical (unpaired) electrons. The fraction of sp³-hybridized carbons (Fsp3) is 0.0833. The van der Waals surface area contributed by atoms with Crippen LogP contribution in [0.3, 0.4) is 0 Å². The molecule has 0 atom stereocenters. The van der Waals surface area contributed by atoms with Gasteiger partial charge in [0, 0.05) is 10.7 Å². The summed E-state index contributed by atoms with van der Waals surface area (Å²) in [7, 11) is 0. The fourth-order valence-corrected chi connectivity index (χ4v) is 2.47. The molecule has 0 saturated carbocycles. The molecule has 0 bridgehead atoms. The maximum absolute atomic E-state index is 12.5. The third-order valence-corrected chi connectivity index (χ3v) is 3.32. The first-order valence-corrected chi connectivity index (χ1v) is 6.81. The Hall–Kier alpha value is -1.28. The van der Waals surface area contributed by atoms with Gasteiger partial charge >= 0.3 is 6.18 Å². The van der Waals surface area contributed by atoms with E-state index in [9.17, 15) is 13.2 Å². The van der Waals surface area contributed by atoms with Gasteiger partial charge < -0.3 is 10.5 Å². The van der Waals surface area contributed by atoms with Gasteiger partial charge in [-0.2, -0.15) is 13.2 Å². The van der Waals surface area contributed by atoms with Crippen LogP contribution in [0.15, 0.2) is 39.4 Å². The van der Waals surface area contributed by atoms with Crippen LogP contribution < -0.4 is 10.5 Å². The molecule has 1 aromatic heterocycles. The molecule has 20 heavy (non-hydrogen) atoms. The zero-order valence-corrected chi connectivity index (χ0v) is 12.9. The Morgan fingerprint density at radius 2 is 1.85 bits per heavy atom. The van der Waals surface area contributed by atoms with Crippen LogP contribution in [0.2, 0.25) is 0 Å². The van der Waals surface area contributed by atoms with Crippen molar-refractivity contribution in [3.63, 3.8) is 0 Å². The minimum Gasteiger partial charge on any atom is -0.436 e. The smallest absolute Gasteiger partial charge is 0.416 e. The Bertz CT molecular complexity index is 647. The molecule has 0 spiro atoms. The van der Waals surface area contributed by atoms with E-state index in [4.69, 9.17) is 10.5 Å². The topological polar surface area (TPSA) is 48.1 Å². The number of nitrogen functional groups attached to an aromatic ring is 1. The van der Waals surface area contributed by atoms with Crippen molar-refractivity contribution in [3.05, 3.63) is 45.0 Å². The molecule has 1 heterocycles. The first-order valence-electron chi connectivity index (χ1n) is 5.23. The summed E-state index contributed by atoms with van der Waals surface area (Å²) in [6.45, 7) is 0. The lowest BCUT2D eigenvalue weighted by Gasteiger charge is -2.12. The molecule has 106 valence electrons. The van der Waals surface area contributed by atoms with Crippen molar-refractivity contribution in [1.82, 2.24) is 4.98 Å². The summed E-state index contributed by atoms with van der Waals surface area (Å²) in [4.78, 5) is 3.99. The Morgan fingerprint density at radius 1 is 1.15 bits per heavy atom. The van der Waals surface area contributed by atoms with Crippen LogP contribution in [0.25, 0.3) is 0 Å². The lowest BCUT2D eigenvalue weighted by molar-refractivity contribution is -0.137. The van der Waals surface area contributed by atoms with E-state index in [1.54, 1.807) is 6.07 Å². The third kappa shape index (κ3) is 3.43. The van der Waals surface area contributed by atoms with E-state index < -0.39 is 11.7 Å². The van der Waals surface area contributed by atoms with E-state index in [-0.39, 0.29) is 17.3 Å². The number of hydrogen-bond acceptors (Lipinski definition) is 3. The van der Waals surface area contributed by atoms with Gasteiger partial charge in [0.05, 0.1) is 15.7 Å². The van der Waals surface area contributed by atoms with E-state index in [2.05, 4.69) is 36.8 Å². The van der Waals surface area contributed by atoms with Crippen LogP contribution in [0.4, 0.5) is 18.9 Å². The van der Waals surface area contributed by atoms with Crippen molar-refractivity contribution in [3.8, 4) is 11.6 Å². The molecular formula is C12H7Br2F3N2O. The van der Waals surface area contributed by atoms with E-state index in [0.717, 1.165) is 22.7 Å². The molecule has 0 fully saturated rings. The number of anilines is 1. The number of ether oxygens (including phenoxy) is 1. The minimum atomic E-state index is -4.44. The van der Waals surface area contributed by atoms with Crippen LogP contribution in [0, 0.1) is 0 Å². The molecular weight excluding hydrogens is 405 g/mol. The van der Waals surface area contributed by atoms with Crippen molar-refractivity contribution in [2.24, 2.45) is 0 Å². The highest BCUT2D eigenvalue weighted by Crippen LogP contribution is 2.36. The highest BCUT2D eigenvalue weighted by molar-refractivity contribution is 9.11. The zero-order chi connectivity index (χ0) is 14.9. The predicted octanol–water partition coefficient (Wildman–Crippen LogP) is 5.00. The largest absolute Gasteiger partial charge is 0.436 e. The van der Waals surface area contributed by atoms with Gasteiger partial charge in [-0.05, 0) is 56.1 Å². The molecule has 0 aliphatic heterocycles. The number of rotatable bonds is 2. The number of alkyl halides is 3. The minimum absolute atomic E-state index is 0.105. The average molecular weight is 412 g/mol. The zero-order valence-electron chi connectivity index (χ0n) is 9.71. The van der Waals surface area contributed by atoms with Gasteiger partial charge in [-0.1, -0.05) is 0 Å². The van der Waals surface area contributed by atoms with E-state index >= 15 is 0 Å². The van der Waals surface area contributed by atoms with E-state index in [0.29, 0.717) is 4.47 Å². The standard InChI is InChI=1S/C12H7Br2F3N2O/c13-7-4-8(14)11(19-5-7)20-10-2-1-6(3-9(10)18)12(15,16)17/h1-5H,18H2. The van der Waals surface area contributed by atoms with Gasteiger partial charge in [-0.25, -0.2) is 4.98 Å². The highest BCUT2D eigenvalue weighted by atomic mass is 79.9. The summed E-state index contributed by atoms with van der Waals surface area (Å²) in [5.74, 6) is 0.313. The summed E-state index contributed by atoms with van der Waals surface area (Å²) in [5.41, 5.74) is 4.63. The molecule has 1 aromatic carbocycles. The molecule has 0 amide bonds. The maximum atomic E-state index is 12.5. The molecule has 2 aromatic rings. The number of aromatic nitrogens is 1. The molecule has 2 rings (SSSR count). The van der Waals surface area contributed by atoms with Crippen LogP contribution in [0.1, 0.15) is 5.56 Å². The number of nitrogens with zero attached hydrogens (tertiary/aromatic N) is 1. The summed E-state index contributed by atoms with van der Waals surface area (Å²) in [6.07, 6.45) is -2.94. The summed E-state index contributed by atoms with van der Waals surface area (Å²) in [5, 5.41) is 0. The fourth-order valence-electron chi connectivity index (χ4n) is 1.40. The van der Waals surface area contributed by atoms with Gasteiger partial charge in [0.2, 0.25) is 5.88 Å². The monoisotopic (exact) mass is 410 g/mol. The molecule has 0 unspecified atom stereocenters. The number of benzene rings is 1. The number of halogens is 5. The summed E-state index contributed by atoms with van der Waals surface area (Å²) in [6, 6.07) is 4.58. The lowest BCUT2D eigenvalue weighted by atomic mass is 10.2. The first-order chi connectivity index (χ1) is 9.27. The van der Waals surface area contributed by atoms with Crippen LogP contribution >= 0.6 is 31.9 Å². The van der Waals surface area contributed by atoms with Gasteiger partial charge in [0.15, 0.2) is 5.75 Å². The Morgan fingerprint density at radius 3 is 2.40 bits per heavy atom. The number of pyridine rings is 1. The number of hydrogen-bond donors (Lipinski definition) is 1. The SMILES string of the molecule is Nc1cc(C(F)(F)F)ccc1Oc1ncc(Br)cc1Br. The van der Waals surface area contributed by atoms with E-state index in [1.165, 1.54) is 6.20 Å². The summed E-state index contributed by atoms with van der Waals surface area (Å²) >= 11 is 6.47. The van der Waals surface area contributed by atoms with Crippen LogP contribution in [-0.2, 0) is 6.18 Å². The molecule has 0 aliphatic carbocycles. The quantitative estimate of drug-likeness (QED) is 0.707. The molecule has 0 aliphatic rings. The lowest BCUT2D eigenvalue weighted by Crippen LogP contribution is -2.06. The van der Waals surface area contributed by atoms with Crippen LogP contribution in [0.5, 0.6) is 11.6 Å². The van der Waals surface area contributed by atoms with Crippen molar-refractivity contribution in [2.45, 2.75) is 6.18 Å². The second-order valence-electron chi connectivity index (χ2n) is 3.79. The van der Waals surface area contributed by atoms with E-state index in [1.807, 2.05) is 0 Å². The number of nitrogens with two attached hydrogens (primary N) is 1. The normalized spacial score (nSPS) is 11.4. The van der Waals surface area contributed by atoms with Crippen molar-refractivity contribution < 1.29 is 17.9 Å². The first kappa shape index (κ1) is 15.1. The third-order valence-electron chi connectivity index (χ3n) is 2.32. The Labute approximate surface area is 129 Å². The van der Waals surface area contributed by atoms with Crippen molar-refractivity contribution in [1.29, 1.82) is 0 Å². The average Bonchev–Trinajstić information content (AvgIpc) is 2.33. The summed E-state index contributed by atoms with van der Waals surface area (Å²) < 4.78 is 44.2. The molecule has 3 nitrogen and oxygen atoms in total. The molecule has 0 saturated heterocycles. The molecule has 8 heteroatoms. The van der Waals surface area contributed by atoms with Gasteiger partial charge in [-0.15, -0.1) is 0 Å². The van der Waals surface area contributed by atoms with Crippen molar-refractivity contribution >= 4 is 37.5 Å². The predicted molar refractivity (Wildman–Crippen MR) is 75.6 cm³/mol. The molecule has 2 N–H and O–H groups in total. The second-order valence-corrected chi connectivity index (χ2v) is 5.56. The van der Waals surface area contributed by atoms with Gasteiger partial charge in [0.1, 0.15) is 0 Å². The maximum Gasteiger partial charge on any atom is 0.416 e.